The van der Waals surface area contributed by atoms with Crippen LogP contribution in [-0.4, -0.2) is 50.2 Å². The van der Waals surface area contributed by atoms with Gasteiger partial charge in [0.05, 0.1) is 13.7 Å². The van der Waals surface area contributed by atoms with E-state index in [1.807, 2.05) is 0 Å². The number of rotatable bonds is 3. The van der Waals surface area contributed by atoms with E-state index in [1.54, 1.807) is 7.05 Å². The number of esters is 1. The molecule has 1 amide bonds. The summed E-state index contributed by atoms with van der Waals surface area (Å²) in [6.45, 7) is 0.920. The van der Waals surface area contributed by atoms with E-state index in [0.717, 1.165) is 6.42 Å². The number of hydrazine groups is 1. The third-order valence-electron chi connectivity index (χ3n) is 2.32. The lowest BCUT2D eigenvalue weighted by molar-refractivity contribution is -0.157. The molecule has 1 aliphatic heterocycles. The minimum absolute atomic E-state index is 0.146. The van der Waals surface area contributed by atoms with Gasteiger partial charge in [-0.15, -0.1) is 0 Å². The van der Waals surface area contributed by atoms with Crippen LogP contribution >= 0.6 is 0 Å². The fourth-order valence-corrected chi connectivity index (χ4v) is 1.59. The fraction of sp³-hybridized carbons (Fsp3) is 0.778. The molecule has 0 spiro atoms. The predicted molar refractivity (Wildman–Crippen MR) is 53.8 cm³/mol. The second kappa shape index (κ2) is 5.67. The van der Waals surface area contributed by atoms with Crippen LogP contribution < -0.4 is 10.7 Å². The van der Waals surface area contributed by atoms with Gasteiger partial charge < -0.3 is 10.1 Å². The van der Waals surface area contributed by atoms with Crippen LogP contribution in [0.2, 0.25) is 0 Å². The van der Waals surface area contributed by atoms with Crippen LogP contribution in [0.4, 0.5) is 0 Å². The molecule has 2 N–H and O–H groups in total. The average molecular weight is 215 g/mol. The van der Waals surface area contributed by atoms with Crippen LogP contribution in [0.1, 0.15) is 12.8 Å². The third-order valence-corrected chi connectivity index (χ3v) is 2.32. The molecule has 6 nitrogen and oxygen atoms in total. The number of carbonyl (C=O) groups excluding carboxylic acids is 2. The lowest BCUT2D eigenvalue weighted by atomic mass is 10.1. The molecule has 86 valence electrons. The number of amides is 1. The van der Waals surface area contributed by atoms with Gasteiger partial charge in [-0.05, 0) is 19.9 Å². The molecular weight excluding hydrogens is 198 g/mol. The zero-order chi connectivity index (χ0) is 11.3. The van der Waals surface area contributed by atoms with Crippen molar-refractivity contribution in [1.82, 2.24) is 15.8 Å². The van der Waals surface area contributed by atoms with Crippen molar-refractivity contribution in [3.63, 3.8) is 0 Å². The number of hydrogen-bond acceptors (Lipinski definition) is 5. The largest absolute Gasteiger partial charge is 0.467 e. The lowest BCUT2D eigenvalue weighted by Crippen LogP contribution is -2.58. The predicted octanol–water partition coefficient (Wildman–Crippen LogP) is -1.13. The Morgan fingerprint density at radius 2 is 2.33 bits per heavy atom. The first-order valence-electron chi connectivity index (χ1n) is 4.98. The Morgan fingerprint density at radius 3 is 2.93 bits per heavy atom. The Hall–Kier alpha value is -1.14. The van der Waals surface area contributed by atoms with Gasteiger partial charge in [0.15, 0.2) is 0 Å². The summed E-state index contributed by atoms with van der Waals surface area (Å²) in [4.78, 5) is 23.0. The Labute approximate surface area is 88.9 Å². The minimum atomic E-state index is -0.496. The van der Waals surface area contributed by atoms with E-state index in [1.165, 1.54) is 12.1 Å². The molecule has 0 aliphatic carbocycles. The summed E-state index contributed by atoms with van der Waals surface area (Å²) < 4.78 is 4.66. The van der Waals surface area contributed by atoms with E-state index < -0.39 is 6.04 Å². The summed E-state index contributed by atoms with van der Waals surface area (Å²) in [5.74, 6) is -0.515. The summed E-state index contributed by atoms with van der Waals surface area (Å²) in [7, 11) is 3.02. The molecule has 1 aliphatic rings. The summed E-state index contributed by atoms with van der Waals surface area (Å²) in [6, 6.07) is -0.496. The maximum Gasteiger partial charge on any atom is 0.330 e. The molecule has 1 heterocycles. The second-order valence-electron chi connectivity index (χ2n) is 3.38. The molecule has 0 bridgehead atoms. The van der Waals surface area contributed by atoms with Crippen molar-refractivity contribution in [2.75, 3.05) is 27.2 Å². The molecule has 0 aromatic heterocycles. The maximum atomic E-state index is 11.6. The molecule has 1 atom stereocenters. The molecule has 0 aromatic carbocycles. The number of nitrogens with zero attached hydrogens (tertiary/aromatic N) is 1. The normalized spacial score (nSPS) is 21.2. The van der Waals surface area contributed by atoms with E-state index in [4.69, 9.17) is 0 Å². The van der Waals surface area contributed by atoms with E-state index >= 15 is 0 Å². The number of carbonyl (C=O) groups is 2. The first-order chi connectivity index (χ1) is 7.20. The van der Waals surface area contributed by atoms with Crippen molar-refractivity contribution < 1.29 is 14.3 Å². The first-order valence-corrected chi connectivity index (χ1v) is 4.98. The molecule has 0 saturated carbocycles. The van der Waals surface area contributed by atoms with E-state index in [-0.39, 0.29) is 18.4 Å². The van der Waals surface area contributed by atoms with Gasteiger partial charge in [0, 0.05) is 6.54 Å². The summed E-state index contributed by atoms with van der Waals surface area (Å²) in [5, 5.41) is 4.13. The zero-order valence-electron chi connectivity index (χ0n) is 9.08. The summed E-state index contributed by atoms with van der Waals surface area (Å²) >= 11 is 0. The molecular formula is C9H17N3O3. The SMILES string of the molecule is CNCC(=O)N1NCCCC1C(=O)OC. The number of hydrogen-bond donors (Lipinski definition) is 2. The van der Waals surface area contributed by atoms with Crippen LogP contribution in [0.25, 0.3) is 0 Å². The van der Waals surface area contributed by atoms with Gasteiger partial charge >= 0.3 is 5.97 Å². The molecule has 1 unspecified atom stereocenters. The highest BCUT2D eigenvalue weighted by Gasteiger charge is 2.32. The third kappa shape index (κ3) is 2.90. The number of nitrogens with one attached hydrogen (secondary N) is 2. The summed E-state index contributed by atoms with van der Waals surface area (Å²) in [6.07, 6.45) is 1.51. The Balaban J connectivity index is 2.65. The molecule has 0 radical (unpaired) electrons. The van der Waals surface area contributed by atoms with Gasteiger partial charge in [-0.25, -0.2) is 10.2 Å². The van der Waals surface area contributed by atoms with Gasteiger partial charge in [0.1, 0.15) is 6.04 Å². The van der Waals surface area contributed by atoms with Crippen molar-refractivity contribution in [3.05, 3.63) is 0 Å². The second-order valence-corrected chi connectivity index (χ2v) is 3.38. The number of likely N-dealkylation sites (N-methyl/N-ethyl adjacent to an activating group) is 1. The molecule has 15 heavy (non-hydrogen) atoms. The van der Waals surface area contributed by atoms with Crippen LogP contribution in [0.3, 0.4) is 0 Å². The first kappa shape index (κ1) is 11.9. The fourth-order valence-electron chi connectivity index (χ4n) is 1.59. The smallest absolute Gasteiger partial charge is 0.330 e. The standard InChI is InChI=1S/C9H17N3O3/c1-10-6-8(13)12-7(9(14)15-2)4-3-5-11-12/h7,10-11H,3-6H2,1-2H3. The molecule has 0 aromatic rings. The Bertz CT molecular complexity index is 245. The van der Waals surface area contributed by atoms with Crippen LogP contribution in [-0.2, 0) is 14.3 Å². The van der Waals surface area contributed by atoms with Crippen molar-refractivity contribution >= 4 is 11.9 Å². The van der Waals surface area contributed by atoms with Gasteiger partial charge in [0.2, 0.25) is 0 Å². The van der Waals surface area contributed by atoms with E-state index in [9.17, 15) is 9.59 Å². The van der Waals surface area contributed by atoms with Crippen molar-refractivity contribution in [2.24, 2.45) is 0 Å². The van der Waals surface area contributed by atoms with Gasteiger partial charge in [0.25, 0.3) is 5.91 Å². The van der Waals surface area contributed by atoms with Crippen molar-refractivity contribution in [3.8, 4) is 0 Å². The van der Waals surface area contributed by atoms with Crippen molar-refractivity contribution in [1.29, 1.82) is 0 Å². The zero-order valence-corrected chi connectivity index (χ0v) is 9.08. The van der Waals surface area contributed by atoms with Gasteiger partial charge in [-0.1, -0.05) is 0 Å². The molecule has 6 heteroatoms. The quantitative estimate of drug-likeness (QED) is 0.583. The van der Waals surface area contributed by atoms with Crippen molar-refractivity contribution in [2.45, 2.75) is 18.9 Å². The number of ether oxygens (including phenoxy) is 1. The maximum absolute atomic E-state index is 11.6. The minimum Gasteiger partial charge on any atom is -0.467 e. The molecule has 1 fully saturated rings. The highest BCUT2D eigenvalue weighted by molar-refractivity contribution is 5.85. The Morgan fingerprint density at radius 1 is 1.60 bits per heavy atom. The molecule has 1 rings (SSSR count). The van der Waals surface area contributed by atoms with Gasteiger partial charge in [-0.3, -0.25) is 9.80 Å². The highest BCUT2D eigenvalue weighted by Crippen LogP contribution is 2.11. The Kier molecular flexibility index (Phi) is 4.51. The monoisotopic (exact) mass is 215 g/mol. The van der Waals surface area contributed by atoms with Crippen LogP contribution in [0.5, 0.6) is 0 Å². The van der Waals surface area contributed by atoms with Crippen LogP contribution in [0, 0.1) is 0 Å². The topological polar surface area (TPSA) is 70.7 Å². The summed E-state index contributed by atoms with van der Waals surface area (Å²) in [5.41, 5.74) is 2.91. The molecule has 1 saturated heterocycles. The average Bonchev–Trinajstić information content (AvgIpc) is 2.28. The number of methoxy groups -OCH3 is 1. The van der Waals surface area contributed by atoms with Gasteiger partial charge in [-0.2, -0.15) is 0 Å². The van der Waals surface area contributed by atoms with Crippen LogP contribution in [0.15, 0.2) is 0 Å². The highest BCUT2D eigenvalue weighted by atomic mass is 16.5. The van der Waals surface area contributed by atoms with E-state index in [0.29, 0.717) is 13.0 Å². The van der Waals surface area contributed by atoms with E-state index in [2.05, 4.69) is 15.5 Å². The lowest BCUT2D eigenvalue weighted by Gasteiger charge is -2.34.